The Labute approximate surface area is 114 Å². The number of nitrogen functional groups attached to an aromatic ring is 1. The molecule has 1 heterocycles. The van der Waals surface area contributed by atoms with Crippen molar-refractivity contribution in [2.24, 2.45) is 0 Å². The van der Waals surface area contributed by atoms with Gasteiger partial charge in [0.25, 0.3) is 0 Å². The Balaban J connectivity index is 2.17. The summed E-state index contributed by atoms with van der Waals surface area (Å²) in [7, 11) is 1.61. The van der Waals surface area contributed by atoms with Gasteiger partial charge in [-0.15, -0.1) is 0 Å². The first-order valence-electron chi connectivity index (χ1n) is 5.68. The zero-order chi connectivity index (χ0) is 13.4. The molecule has 0 atom stereocenters. The number of hydrogen-bond donors (Lipinski definition) is 1. The Hall–Kier alpha value is -2.20. The molecule has 0 fully saturated rings. The average Bonchev–Trinajstić information content (AvgIpc) is 2.84. The Bertz CT molecular complexity index is 752. The fourth-order valence-electron chi connectivity index (χ4n) is 1.94. The minimum absolute atomic E-state index is 0.517. The molecule has 2 N–H and O–H groups in total. The number of hydrogen-bond acceptors (Lipinski definition) is 4. The van der Waals surface area contributed by atoms with Crippen LogP contribution in [-0.4, -0.2) is 12.3 Å². The van der Waals surface area contributed by atoms with Crippen LogP contribution in [0.15, 0.2) is 40.9 Å². The van der Waals surface area contributed by atoms with E-state index in [-0.39, 0.29) is 0 Å². The third-order valence-corrected chi connectivity index (χ3v) is 3.29. The third kappa shape index (κ3) is 2.00. The van der Waals surface area contributed by atoms with Gasteiger partial charge in [-0.1, -0.05) is 22.8 Å². The number of aromatic nitrogens is 1. The molecule has 0 bridgehead atoms. The predicted molar refractivity (Wildman–Crippen MR) is 75.4 cm³/mol. The van der Waals surface area contributed by atoms with E-state index in [1.807, 2.05) is 18.2 Å². The van der Waals surface area contributed by atoms with Crippen LogP contribution >= 0.6 is 11.6 Å². The average molecular weight is 275 g/mol. The van der Waals surface area contributed by atoms with Crippen LogP contribution in [0.25, 0.3) is 22.2 Å². The molecule has 3 aromatic rings. The number of benzene rings is 2. The first kappa shape index (κ1) is 11.9. The number of halogens is 1. The molecule has 1 aromatic heterocycles. The van der Waals surface area contributed by atoms with E-state index in [4.69, 9.17) is 26.6 Å². The molecule has 0 radical (unpaired) electrons. The van der Waals surface area contributed by atoms with Gasteiger partial charge < -0.3 is 15.0 Å². The van der Waals surface area contributed by atoms with Gasteiger partial charge in [0.15, 0.2) is 5.58 Å². The highest BCUT2D eigenvalue weighted by Crippen LogP contribution is 2.32. The van der Waals surface area contributed by atoms with E-state index < -0.39 is 0 Å². The molecule has 5 heteroatoms. The second-order valence-electron chi connectivity index (χ2n) is 4.13. The lowest BCUT2D eigenvalue weighted by atomic mass is 10.1. The largest absolute Gasteiger partial charge is 0.497 e. The Morgan fingerprint density at radius 1 is 1.21 bits per heavy atom. The molecule has 96 valence electrons. The van der Waals surface area contributed by atoms with Crippen molar-refractivity contribution in [1.29, 1.82) is 0 Å². The standard InChI is InChI=1S/C14H11ClN2O2/c1-18-9-3-4-10-13(7-9)19-17-14(10)8-2-5-11(15)12(16)6-8/h2-7H,16H2,1H3. The van der Waals surface area contributed by atoms with Crippen molar-refractivity contribution in [3.63, 3.8) is 0 Å². The van der Waals surface area contributed by atoms with Gasteiger partial charge in [0.1, 0.15) is 11.4 Å². The van der Waals surface area contributed by atoms with Crippen molar-refractivity contribution >= 4 is 28.3 Å². The lowest BCUT2D eigenvalue weighted by Gasteiger charge is -2.01. The summed E-state index contributed by atoms with van der Waals surface area (Å²) in [6.45, 7) is 0. The maximum Gasteiger partial charge on any atom is 0.171 e. The van der Waals surface area contributed by atoms with Gasteiger partial charge in [-0.05, 0) is 24.3 Å². The highest BCUT2D eigenvalue weighted by atomic mass is 35.5. The lowest BCUT2D eigenvalue weighted by molar-refractivity contribution is 0.412. The molecule has 0 saturated carbocycles. The zero-order valence-electron chi connectivity index (χ0n) is 10.2. The highest BCUT2D eigenvalue weighted by Gasteiger charge is 2.12. The summed E-state index contributed by atoms with van der Waals surface area (Å²) in [5.74, 6) is 0.728. The van der Waals surface area contributed by atoms with Crippen LogP contribution < -0.4 is 10.5 Å². The number of nitrogens with two attached hydrogens (primary N) is 1. The second kappa shape index (κ2) is 4.48. The van der Waals surface area contributed by atoms with Crippen LogP contribution in [0.4, 0.5) is 5.69 Å². The van der Waals surface area contributed by atoms with Crippen LogP contribution in [0.3, 0.4) is 0 Å². The topological polar surface area (TPSA) is 61.3 Å². The van der Waals surface area contributed by atoms with E-state index in [0.29, 0.717) is 16.3 Å². The molecule has 0 amide bonds. The van der Waals surface area contributed by atoms with Crippen molar-refractivity contribution in [3.05, 3.63) is 41.4 Å². The van der Waals surface area contributed by atoms with E-state index >= 15 is 0 Å². The van der Waals surface area contributed by atoms with Crippen molar-refractivity contribution in [2.75, 3.05) is 12.8 Å². The second-order valence-corrected chi connectivity index (χ2v) is 4.54. The molecule has 0 aliphatic heterocycles. The molecule has 3 rings (SSSR count). The first-order valence-corrected chi connectivity index (χ1v) is 6.05. The first-order chi connectivity index (χ1) is 9.19. The molecule has 0 saturated heterocycles. The van der Waals surface area contributed by atoms with Crippen molar-refractivity contribution in [3.8, 4) is 17.0 Å². The molecule has 2 aromatic carbocycles. The van der Waals surface area contributed by atoms with Crippen LogP contribution in [0.5, 0.6) is 5.75 Å². The number of fused-ring (bicyclic) bond motifs is 1. The van der Waals surface area contributed by atoms with Crippen LogP contribution in [-0.2, 0) is 0 Å². The molecule has 0 aliphatic carbocycles. The number of rotatable bonds is 2. The van der Waals surface area contributed by atoms with Gasteiger partial charge in [0.05, 0.1) is 17.8 Å². The van der Waals surface area contributed by atoms with Gasteiger partial charge in [0, 0.05) is 17.0 Å². The fourth-order valence-corrected chi connectivity index (χ4v) is 2.06. The summed E-state index contributed by atoms with van der Waals surface area (Å²) in [6.07, 6.45) is 0. The minimum atomic E-state index is 0.517. The summed E-state index contributed by atoms with van der Waals surface area (Å²) in [5.41, 5.74) is 8.60. The van der Waals surface area contributed by atoms with Crippen LogP contribution in [0.1, 0.15) is 0 Å². The van der Waals surface area contributed by atoms with Gasteiger partial charge in [-0.3, -0.25) is 0 Å². The summed E-state index contributed by atoms with van der Waals surface area (Å²) in [5, 5.41) is 5.51. The van der Waals surface area contributed by atoms with E-state index in [0.717, 1.165) is 22.4 Å². The van der Waals surface area contributed by atoms with Gasteiger partial charge >= 0.3 is 0 Å². The number of anilines is 1. The molecule has 0 aliphatic rings. The van der Waals surface area contributed by atoms with Crippen molar-refractivity contribution in [2.45, 2.75) is 0 Å². The smallest absolute Gasteiger partial charge is 0.171 e. The summed E-state index contributed by atoms with van der Waals surface area (Å²) < 4.78 is 10.5. The number of nitrogens with zero attached hydrogens (tertiary/aromatic N) is 1. The van der Waals surface area contributed by atoms with E-state index in [9.17, 15) is 0 Å². The minimum Gasteiger partial charge on any atom is -0.497 e. The Morgan fingerprint density at radius 3 is 2.79 bits per heavy atom. The maximum atomic E-state index is 5.91. The molecular weight excluding hydrogens is 264 g/mol. The number of ether oxygens (including phenoxy) is 1. The third-order valence-electron chi connectivity index (χ3n) is 2.95. The zero-order valence-corrected chi connectivity index (χ0v) is 10.9. The molecule has 4 nitrogen and oxygen atoms in total. The Kier molecular flexibility index (Phi) is 2.80. The summed E-state index contributed by atoms with van der Waals surface area (Å²) in [4.78, 5) is 0. The van der Waals surface area contributed by atoms with Crippen LogP contribution in [0.2, 0.25) is 5.02 Å². The van der Waals surface area contributed by atoms with Gasteiger partial charge in [-0.25, -0.2) is 0 Å². The Morgan fingerprint density at radius 2 is 2.05 bits per heavy atom. The molecular formula is C14H11ClN2O2. The predicted octanol–water partition coefficient (Wildman–Crippen LogP) is 3.74. The molecule has 0 unspecified atom stereocenters. The fraction of sp³-hybridized carbons (Fsp3) is 0.0714. The molecule has 19 heavy (non-hydrogen) atoms. The van der Waals surface area contributed by atoms with Gasteiger partial charge in [0.2, 0.25) is 0 Å². The SMILES string of the molecule is COc1ccc2c(-c3ccc(Cl)c(N)c3)noc2c1. The lowest BCUT2D eigenvalue weighted by Crippen LogP contribution is -1.87. The van der Waals surface area contributed by atoms with Crippen molar-refractivity contribution in [1.82, 2.24) is 5.16 Å². The van der Waals surface area contributed by atoms with E-state index in [2.05, 4.69) is 5.16 Å². The normalized spacial score (nSPS) is 10.8. The van der Waals surface area contributed by atoms with Crippen LogP contribution in [0, 0.1) is 0 Å². The quantitative estimate of drug-likeness (QED) is 0.723. The maximum absolute atomic E-state index is 5.91. The highest BCUT2D eigenvalue weighted by molar-refractivity contribution is 6.33. The van der Waals surface area contributed by atoms with E-state index in [1.165, 1.54) is 0 Å². The monoisotopic (exact) mass is 274 g/mol. The summed E-state index contributed by atoms with van der Waals surface area (Å²) >= 11 is 5.91. The van der Waals surface area contributed by atoms with Gasteiger partial charge in [-0.2, -0.15) is 0 Å². The van der Waals surface area contributed by atoms with Crippen molar-refractivity contribution < 1.29 is 9.26 Å². The number of methoxy groups -OCH3 is 1. The summed E-state index contributed by atoms with van der Waals surface area (Å²) in [6, 6.07) is 11.0. The van der Waals surface area contributed by atoms with E-state index in [1.54, 1.807) is 25.3 Å². The molecule has 0 spiro atoms.